The van der Waals surface area contributed by atoms with Crippen LogP contribution in [0.1, 0.15) is 185 Å². The largest absolute Gasteiger partial charge is 0.460 e. The minimum Gasteiger partial charge on any atom is -0.460 e. The molecule has 0 aromatic heterocycles. The van der Waals surface area contributed by atoms with Crippen LogP contribution >= 0.6 is 0 Å². The zero-order valence-corrected chi connectivity index (χ0v) is 44.8. The molecular formula is C59H83N3O11. The quantitative estimate of drug-likeness (QED) is 0.0653. The van der Waals surface area contributed by atoms with Crippen LogP contribution in [0.5, 0.6) is 0 Å². The highest BCUT2D eigenvalue weighted by atomic mass is 16.8. The van der Waals surface area contributed by atoms with E-state index in [-0.39, 0.29) is 50.5 Å². The fourth-order valence-electron chi connectivity index (χ4n) is 13.3. The minimum absolute atomic E-state index is 0.0311. The standard InChI is InChI=1S/C59H83N3O11/c1-9-11-13-27-58(28-14-12-10-2)71-48-45-33-59(54(67)60-34-39-16-15-17-41(31-39)52(65)61-42(36-63)23-25-47(64)70-55(3,4)5)50(53(66)68-45)62(73-51(59)49(48)72-58)35-38-20-18-37(19-21-38)30-40-22-24-46-57(8,69-46)29-26-44-43(40)32-56(44,6)7/h15-21,30-31,42-46,48-51,63H,9-14,22-29,32-36H2,1-8H3,(H,60,67)(H,61,65)/t42-,43+,44+,45+,46?,48-,49-,50+,51+,57+,59+/m0/s1. The van der Waals surface area contributed by atoms with Crippen molar-refractivity contribution in [1.29, 1.82) is 0 Å². The molecule has 4 aliphatic heterocycles. The van der Waals surface area contributed by atoms with E-state index in [0.717, 1.165) is 68.9 Å². The third-order valence-electron chi connectivity index (χ3n) is 17.4. The molecule has 14 heteroatoms. The number of carbonyl (C=O) groups excluding carboxylic acids is 4. The molecule has 2 bridgehead atoms. The summed E-state index contributed by atoms with van der Waals surface area (Å²) in [5.74, 6) is -1.38. The molecule has 3 aliphatic carbocycles. The first-order chi connectivity index (χ1) is 34.8. The lowest BCUT2D eigenvalue weighted by Crippen LogP contribution is -2.69. The summed E-state index contributed by atoms with van der Waals surface area (Å²) < 4.78 is 32.1. The molecule has 3 saturated carbocycles. The molecule has 2 amide bonds. The Hall–Kier alpha value is -4.18. The predicted octanol–water partition coefficient (Wildman–Crippen LogP) is 9.43. The lowest BCUT2D eigenvalue weighted by atomic mass is 9.52. The van der Waals surface area contributed by atoms with Crippen molar-refractivity contribution < 1.29 is 52.8 Å². The van der Waals surface area contributed by atoms with Gasteiger partial charge in [0.05, 0.1) is 30.9 Å². The predicted molar refractivity (Wildman–Crippen MR) is 275 cm³/mol. The van der Waals surface area contributed by atoms with Crippen LogP contribution < -0.4 is 10.6 Å². The summed E-state index contributed by atoms with van der Waals surface area (Å²) in [6.07, 6.45) is 13.3. The van der Waals surface area contributed by atoms with Crippen molar-refractivity contribution in [2.24, 2.45) is 22.7 Å². The van der Waals surface area contributed by atoms with E-state index in [2.05, 4.69) is 75.6 Å². The Labute approximate surface area is 433 Å². The number of epoxide rings is 1. The van der Waals surface area contributed by atoms with Crippen molar-refractivity contribution in [3.05, 3.63) is 76.4 Å². The summed E-state index contributed by atoms with van der Waals surface area (Å²) in [4.78, 5) is 62.6. The van der Waals surface area contributed by atoms with Gasteiger partial charge in [0.1, 0.15) is 35.4 Å². The number of nitrogens with zero attached hydrogens (tertiary/aromatic N) is 1. The van der Waals surface area contributed by atoms with E-state index in [1.807, 2.05) is 6.07 Å². The molecule has 1 unspecified atom stereocenters. The molecule has 3 N–H and O–H groups in total. The smallest absolute Gasteiger partial charge is 0.327 e. The maximum atomic E-state index is 15.3. The minimum atomic E-state index is -1.37. The maximum absolute atomic E-state index is 15.3. The lowest BCUT2D eigenvalue weighted by molar-refractivity contribution is -0.224. The molecule has 7 aliphatic rings. The Kier molecular flexibility index (Phi) is 15.8. The first-order valence-electron chi connectivity index (χ1n) is 27.8. The van der Waals surface area contributed by atoms with Crippen molar-refractivity contribution in [2.75, 3.05) is 6.61 Å². The fraction of sp³-hybridized carbons (Fsp3) is 0.695. The second-order valence-corrected chi connectivity index (χ2v) is 24.4. The van der Waals surface area contributed by atoms with E-state index in [0.29, 0.717) is 47.3 Å². The molecule has 11 atom stereocenters. The Bertz CT molecular complexity index is 2350. The summed E-state index contributed by atoms with van der Waals surface area (Å²) in [5, 5.41) is 17.7. The Morgan fingerprint density at radius 3 is 2.33 bits per heavy atom. The normalized spacial score (nSPS) is 32.6. The second-order valence-electron chi connectivity index (χ2n) is 24.4. The van der Waals surface area contributed by atoms with Gasteiger partial charge in [-0.15, -0.1) is 0 Å². The number of unbranched alkanes of at least 4 members (excludes halogenated alkanes) is 4. The number of aliphatic hydroxyl groups is 1. The van der Waals surface area contributed by atoms with Crippen LogP contribution in [0.4, 0.5) is 0 Å². The lowest BCUT2D eigenvalue weighted by Gasteiger charge is -2.53. The number of hydrogen-bond acceptors (Lipinski definition) is 12. The van der Waals surface area contributed by atoms with Gasteiger partial charge >= 0.3 is 11.9 Å². The van der Waals surface area contributed by atoms with Gasteiger partial charge in [-0.05, 0) is 125 Å². The second kappa shape index (κ2) is 21.4. The topological polar surface area (TPSA) is 174 Å². The van der Waals surface area contributed by atoms with Crippen LogP contribution in [0.15, 0.2) is 54.1 Å². The molecule has 4 saturated heterocycles. The third kappa shape index (κ3) is 11.4. The highest BCUT2D eigenvalue weighted by Crippen LogP contribution is 2.61. The van der Waals surface area contributed by atoms with Gasteiger partial charge in [0, 0.05) is 37.8 Å². The van der Waals surface area contributed by atoms with Crippen molar-refractivity contribution >= 4 is 29.8 Å². The van der Waals surface area contributed by atoms with Crippen LogP contribution in [0.2, 0.25) is 0 Å². The number of hydroxylamine groups is 2. The van der Waals surface area contributed by atoms with Gasteiger partial charge in [0.15, 0.2) is 11.8 Å². The Morgan fingerprint density at radius 2 is 1.64 bits per heavy atom. The van der Waals surface area contributed by atoms with Gasteiger partial charge in [-0.2, -0.15) is 5.06 Å². The molecule has 400 valence electrons. The van der Waals surface area contributed by atoms with Crippen molar-refractivity contribution in [3.8, 4) is 0 Å². The summed E-state index contributed by atoms with van der Waals surface area (Å²) in [5.41, 5.74) is 2.92. The average Bonchev–Trinajstić information content (AvgIpc) is 3.62. The monoisotopic (exact) mass is 1010 g/mol. The van der Waals surface area contributed by atoms with E-state index in [1.165, 1.54) is 18.4 Å². The van der Waals surface area contributed by atoms with E-state index in [1.54, 1.807) is 44.0 Å². The SMILES string of the molecule is CCCCCC1(CCCCC)O[C@@H]2[C@H](O1)[C@H]1ON(Cc3ccc(C=C4CCC5O[C@]5(C)CC[C@@H]5[C@@H]4CC5(C)C)cc3)[C@@H]3C(=O)O[C@@H]2C[C@]13C(=O)NCc1cccc(C(=O)N[C@H](CO)CCC(=O)OC(C)(C)C)c1. The van der Waals surface area contributed by atoms with Crippen molar-refractivity contribution in [3.63, 3.8) is 0 Å². The number of esters is 2. The first kappa shape index (κ1) is 53.6. The molecule has 2 aromatic carbocycles. The highest BCUT2D eigenvalue weighted by molar-refractivity contribution is 5.95. The van der Waals surface area contributed by atoms with Crippen LogP contribution in [-0.2, 0) is 56.0 Å². The van der Waals surface area contributed by atoms with Gasteiger partial charge in [-0.25, -0.2) is 0 Å². The molecule has 73 heavy (non-hydrogen) atoms. The van der Waals surface area contributed by atoms with Crippen LogP contribution in [0.3, 0.4) is 0 Å². The van der Waals surface area contributed by atoms with E-state index < -0.39 is 71.1 Å². The van der Waals surface area contributed by atoms with Gasteiger partial charge in [-0.1, -0.05) is 101 Å². The zero-order valence-electron chi connectivity index (χ0n) is 44.8. The van der Waals surface area contributed by atoms with Crippen molar-refractivity contribution in [1.82, 2.24) is 15.7 Å². The highest BCUT2D eigenvalue weighted by Gasteiger charge is 2.76. The molecule has 2 aromatic rings. The summed E-state index contributed by atoms with van der Waals surface area (Å²) in [6, 6.07) is 13.7. The Morgan fingerprint density at radius 1 is 0.918 bits per heavy atom. The fourth-order valence-corrected chi connectivity index (χ4v) is 13.3. The molecule has 9 rings (SSSR count). The number of aliphatic hydroxyl groups excluding tert-OH is 1. The number of fused-ring (bicyclic) bond motifs is 6. The summed E-state index contributed by atoms with van der Waals surface area (Å²) in [7, 11) is 0. The van der Waals surface area contributed by atoms with Gasteiger partial charge < -0.3 is 39.4 Å². The molecule has 0 spiro atoms. The molecule has 14 nitrogen and oxygen atoms in total. The molecule has 7 fully saturated rings. The zero-order chi connectivity index (χ0) is 51.9. The van der Waals surface area contributed by atoms with E-state index >= 15 is 4.79 Å². The van der Waals surface area contributed by atoms with Gasteiger partial charge in [0.2, 0.25) is 5.91 Å². The number of amides is 2. The number of carbonyl (C=O) groups is 4. The molecular weight excluding hydrogens is 927 g/mol. The van der Waals surface area contributed by atoms with Crippen LogP contribution in [0.25, 0.3) is 6.08 Å². The number of hydrogen-bond donors (Lipinski definition) is 3. The third-order valence-corrected chi connectivity index (χ3v) is 17.4. The number of ether oxygens (including phenoxy) is 5. The Balaban J connectivity index is 0.946. The number of benzene rings is 2. The van der Waals surface area contributed by atoms with Gasteiger partial charge in [-0.3, -0.25) is 24.0 Å². The van der Waals surface area contributed by atoms with Crippen molar-refractivity contribution in [2.45, 2.75) is 231 Å². The number of nitrogens with one attached hydrogen (secondary N) is 2. The van der Waals surface area contributed by atoms with E-state index in [4.69, 9.17) is 28.5 Å². The van der Waals surface area contributed by atoms with E-state index in [9.17, 15) is 19.5 Å². The number of rotatable bonds is 20. The summed E-state index contributed by atoms with van der Waals surface area (Å²) in [6.45, 7) is 16.8. The number of allylic oxidation sites excluding steroid dienone is 1. The molecule has 0 radical (unpaired) electrons. The van der Waals surface area contributed by atoms with Gasteiger partial charge in [0.25, 0.3) is 5.91 Å². The van der Waals surface area contributed by atoms with Crippen LogP contribution in [-0.4, -0.2) is 100 Å². The molecule has 4 heterocycles. The first-order valence-corrected chi connectivity index (χ1v) is 27.8. The summed E-state index contributed by atoms with van der Waals surface area (Å²) >= 11 is 0. The van der Waals surface area contributed by atoms with Crippen LogP contribution in [0, 0.1) is 22.7 Å². The maximum Gasteiger partial charge on any atom is 0.327 e. The average molecular weight is 1010 g/mol.